The number of thiophene rings is 1. The van der Waals surface area contributed by atoms with E-state index in [-0.39, 0.29) is 5.91 Å². The molecule has 5 heteroatoms. The molecule has 2 heterocycles. The molecular weight excluding hydrogens is 324 g/mol. The van der Waals surface area contributed by atoms with E-state index in [1.54, 1.807) is 17.4 Å². The van der Waals surface area contributed by atoms with Crippen LogP contribution in [-0.2, 0) is 4.79 Å². The molecular formula is C18H16N2OS2. The summed E-state index contributed by atoms with van der Waals surface area (Å²) in [6.45, 7) is 4.15. The van der Waals surface area contributed by atoms with Gasteiger partial charge in [-0.15, -0.1) is 22.7 Å². The molecule has 3 aromatic rings. The molecule has 2 aromatic heterocycles. The van der Waals surface area contributed by atoms with Gasteiger partial charge in [0.2, 0.25) is 5.91 Å². The van der Waals surface area contributed by atoms with E-state index in [2.05, 4.69) is 42.3 Å². The van der Waals surface area contributed by atoms with Gasteiger partial charge < -0.3 is 0 Å². The maximum atomic E-state index is 11.9. The van der Waals surface area contributed by atoms with Crippen molar-refractivity contribution in [2.45, 2.75) is 13.8 Å². The first-order valence-electron chi connectivity index (χ1n) is 7.17. The van der Waals surface area contributed by atoms with Crippen LogP contribution in [0.5, 0.6) is 0 Å². The SMILES string of the molecule is Cc1ccc(-c2csc(NC(=O)/C=C/c3cccs3)n2)c(C)c1. The number of anilines is 1. The standard InChI is InChI=1S/C18H16N2OS2/c1-12-5-7-15(13(2)10-12)16-11-23-18(19-16)20-17(21)8-6-14-4-3-9-22-14/h3-11H,1-2H3,(H,19,20,21)/b8-6+. The van der Waals surface area contributed by atoms with Gasteiger partial charge in [0.05, 0.1) is 5.69 Å². The Labute approximate surface area is 143 Å². The van der Waals surface area contributed by atoms with Crippen molar-refractivity contribution in [3.63, 3.8) is 0 Å². The van der Waals surface area contributed by atoms with Gasteiger partial charge in [0.1, 0.15) is 0 Å². The first kappa shape index (κ1) is 15.6. The average molecular weight is 340 g/mol. The van der Waals surface area contributed by atoms with E-state index in [1.165, 1.54) is 28.5 Å². The number of aromatic nitrogens is 1. The van der Waals surface area contributed by atoms with Crippen molar-refractivity contribution >= 4 is 39.8 Å². The summed E-state index contributed by atoms with van der Waals surface area (Å²) in [6, 6.07) is 10.2. The second kappa shape index (κ2) is 6.89. The minimum Gasteiger partial charge on any atom is -0.298 e. The molecule has 0 saturated heterocycles. The topological polar surface area (TPSA) is 42.0 Å². The van der Waals surface area contributed by atoms with Crippen LogP contribution < -0.4 is 5.32 Å². The number of nitrogens with zero attached hydrogens (tertiary/aromatic N) is 1. The number of benzene rings is 1. The maximum Gasteiger partial charge on any atom is 0.250 e. The first-order chi connectivity index (χ1) is 11.1. The normalized spacial score (nSPS) is 11.0. The third kappa shape index (κ3) is 3.94. The molecule has 0 saturated carbocycles. The summed E-state index contributed by atoms with van der Waals surface area (Å²) >= 11 is 3.03. The molecule has 116 valence electrons. The molecule has 3 rings (SSSR count). The minimum atomic E-state index is -0.167. The maximum absolute atomic E-state index is 11.9. The molecule has 0 atom stereocenters. The highest BCUT2D eigenvalue weighted by Gasteiger charge is 2.08. The van der Waals surface area contributed by atoms with Gasteiger partial charge in [0.15, 0.2) is 5.13 Å². The molecule has 0 bridgehead atoms. The van der Waals surface area contributed by atoms with Crippen molar-refractivity contribution < 1.29 is 4.79 Å². The van der Waals surface area contributed by atoms with Crippen LogP contribution in [0.3, 0.4) is 0 Å². The lowest BCUT2D eigenvalue weighted by Crippen LogP contribution is -2.07. The van der Waals surface area contributed by atoms with Crippen molar-refractivity contribution in [2.75, 3.05) is 5.32 Å². The predicted molar refractivity (Wildman–Crippen MR) is 99.0 cm³/mol. The van der Waals surface area contributed by atoms with Gasteiger partial charge >= 0.3 is 0 Å². The first-order valence-corrected chi connectivity index (χ1v) is 8.93. The molecule has 1 N–H and O–H groups in total. The molecule has 0 aliphatic heterocycles. The Hall–Kier alpha value is -2.24. The second-order valence-corrected chi connectivity index (χ2v) is 7.03. The lowest BCUT2D eigenvalue weighted by molar-refractivity contribution is -0.111. The summed E-state index contributed by atoms with van der Waals surface area (Å²) in [5.74, 6) is -0.167. The Morgan fingerprint density at radius 2 is 2.09 bits per heavy atom. The van der Waals surface area contributed by atoms with E-state index in [0.717, 1.165) is 16.1 Å². The quantitative estimate of drug-likeness (QED) is 0.668. The third-order valence-electron chi connectivity index (χ3n) is 3.33. The van der Waals surface area contributed by atoms with Crippen LogP contribution in [0.25, 0.3) is 17.3 Å². The number of thiazole rings is 1. The van der Waals surface area contributed by atoms with Crippen LogP contribution in [0, 0.1) is 13.8 Å². The molecule has 0 aliphatic rings. The Kier molecular flexibility index (Phi) is 4.69. The lowest BCUT2D eigenvalue weighted by Gasteiger charge is -2.03. The fourth-order valence-corrected chi connectivity index (χ4v) is 3.58. The van der Waals surface area contributed by atoms with Crippen LogP contribution in [0.1, 0.15) is 16.0 Å². The number of hydrogen-bond donors (Lipinski definition) is 1. The summed E-state index contributed by atoms with van der Waals surface area (Å²) in [7, 11) is 0. The highest BCUT2D eigenvalue weighted by molar-refractivity contribution is 7.14. The molecule has 1 amide bonds. The lowest BCUT2D eigenvalue weighted by atomic mass is 10.0. The van der Waals surface area contributed by atoms with Gasteiger partial charge in [-0.05, 0) is 36.9 Å². The fraction of sp³-hybridized carbons (Fsp3) is 0.111. The van der Waals surface area contributed by atoms with Gasteiger partial charge in [-0.25, -0.2) is 4.98 Å². The van der Waals surface area contributed by atoms with Crippen molar-refractivity contribution in [1.82, 2.24) is 4.98 Å². The number of carbonyl (C=O) groups is 1. The van der Waals surface area contributed by atoms with Gasteiger partial charge in [-0.3, -0.25) is 10.1 Å². The number of nitrogens with one attached hydrogen (secondary N) is 1. The van der Waals surface area contributed by atoms with E-state index >= 15 is 0 Å². The number of aryl methyl sites for hydroxylation is 2. The van der Waals surface area contributed by atoms with Gasteiger partial charge in [0, 0.05) is 21.9 Å². The van der Waals surface area contributed by atoms with Crippen LogP contribution in [0.4, 0.5) is 5.13 Å². The molecule has 0 spiro atoms. The number of rotatable bonds is 4. The third-order valence-corrected chi connectivity index (χ3v) is 4.93. The summed E-state index contributed by atoms with van der Waals surface area (Å²) in [5.41, 5.74) is 4.41. The average Bonchev–Trinajstić information content (AvgIpc) is 3.17. The van der Waals surface area contributed by atoms with Crippen molar-refractivity contribution in [2.24, 2.45) is 0 Å². The molecule has 0 fully saturated rings. The zero-order chi connectivity index (χ0) is 16.2. The zero-order valence-corrected chi connectivity index (χ0v) is 14.5. The monoisotopic (exact) mass is 340 g/mol. The van der Waals surface area contributed by atoms with Crippen molar-refractivity contribution in [1.29, 1.82) is 0 Å². The highest BCUT2D eigenvalue weighted by Crippen LogP contribution is 2.28. The molecule has 0 unspecified atom stereocenters. The number of carbonyl (C=O) groups excluding carboxylic acids is 1. The van der Waals surface area contributed by atoms with Crippen LogP contribution in [0.2, 0.25) is 0 Å². The van der Waals surface area contributed by atoms with E-state index in [0.29, 0.717) is 5.13 Å². The fourth-order valence-electron chi connectivity index (χ4n) is 2.25. The van der Waals surface area contributed by atoms with Gasteiger partial charge in [-0.1, -0.05) is 29.8 Å². The molecule has 0 radical (unpaired) electrons. The van der Waals surface area contributed by atoms with Crippen LogP contribution in [-0.4, -0.2) is 10.9 Å². The summed E-state index contributed by atoms with van der Waals surface area (Å²) in [4.78, 5) is 17.5. The Morgan fingerprint density at radius 1 is 1.22 bits per heavy atom. The summed E-state index contributed by atoms with van der Waals surface area (Å²) in [6.07, 6.45) is 3.34. The van der Waals surface area contributed by atoms with Gasteiger partial charge in [-0.2, -0.15) is 0 Å². The summed E-state index contributed by atoms with van der Waals surface area (Å²) in [5, 5.41) is 7.37. The Balaban J connectivity index is 1.71. The molecule has 1 aromatic carbocycles. The minimum absolute atomic E-state index is 0.167. The van der Waals surface area contributed by atoms with Crippen LogP contribution in [0.15, 0.2) is 47.2 Å². The highest BCUT2D eigenvalue weighted by atomic mass is 32.1. The Bertz CT molecular complexity index is 848. The van der Waals surface area contributed by atoms with E-state index < -0.39 is 0 Å². The zero-order valence-electron chi connectivity index (χ0n) is 12.9. The second-order valence-electron chi connectivity index (χ2n) is 5.19. The molecule has 3 nitrogen and oxygen atoms in total. The smallest absolute Gasteiger partial charge is 0.250 e. The van der Waals surface area contributed by atoms with Gasteiger partial charge in [0.25, 0.3) is 0 Å². The van der Waals surface area contributed by atoms with E-state index in [4.69, 9.17) is 0 Å². The molecule has 23 heavy (non-hydrogen) atoms. The Morgan fingerprint density at radius 3 is 2.83 bits per heavy atom. The van der Waals surface area contributed by atoms with Crippen LogP contribution >= 0.6 is 22.7 Å². The largest absolute Gasteiger partial charge is 0.298 e. The number of amides is 1. The van der Waals surface area contributed by atoms with E-state index in [1.807, 2.05) is 22.9 Å². The van der Waals surface area contributed by atoms with Crippen molar-refractivity contribution in [3.05, 3.63) is 63.2 Å². The van der Waals surface area contributed by atoms with Crippen molar-refractivity contribution in [3.8, 4) is 11.3 Å². The molecule has 0 aliphatic carbocycles. The summed E-state index contributed by atoms with van der Waals surface area (Å²) < 4.78 is 0. The number of hydrogen-bond acceptors (Lipinski definition) is 4. The predicted octanol–water partition coefficient (Wildman–Crippen LogP) is 5.14. The van der Waals surface area contributed by atoms with E-state index in [9.17, 15) is 4.79 Å².